The number of ether oxygens (including phenoxy) is 2. The summed E-state index contributed by atoms with van der Waals surface area (Å²) < 4.78 is 11.3. The fourth-order valence-electron chi connectivity index (χ4n) is 10.00. The molecule has 73 heavy (non-hydrogen) atoms. The van der Waals surface area contributed by atoms with Crippen molar-refractivity contribution in [3.8, 4) is 0 Å². The van der Waals surface area contributed by atoms with E-state index in [0.29, 0.717) is 6.42 Å². The fraction of sp³-hybridized carbons (Fsp3) is 0.859. The van der Waals surface area contributed by atoms with Crippen molar-refractivity contribution in [3.05, 3.63) is 48.6 Å². The number of unbranched alkanes of at least 4 members (excludes halogenated alkanes) is 38. The van der Waals surface area contributed by atoms with E-state index in [1.54, 1.807) is 6.08 Å². The standard InChI is InChI=1S/C64H119NO8/c1-3-5-7-9-11-13-15-17-19-21-22-23-24-25-26-27-28-29-30-31-32-33-34-35-36-38-39-41-43-45-47-49-51-53-58(67)57(56-72-64-63(71)62(70)61(69)59(55-66)73-64)65-60(68)54-52-50-48-46-44-42-40-37-20-18-16-14-12-10-8-6-4-2/h6,8,12,14,18,20,51,53,57-59,61-64,66-67,69-71H,3-5,7,9-11,13,15-17,19,21-50,52,54-56H2,1-2H3,(H,65,68)/b8-6-,14-12-,20-18-,53-51+. The van der Waals surface area contributed by atoms with Crippen LogP contribution in [0.5, 0.6) is 0 Å². The van der Waals surface area contributed by atoms with Gasteiger partial charge >= 0.3 is 0 Å². The van der Waals surface area contributed by atoms with Crippen LogP contribution in [0.1, 0.15) is 296 Å². The van der Waals surface area contributed by atoms with Crippen LogP contribution in [0, 0.1) is 0 Å². The summed E-state index contributed by atoms with van der Waals surface area (Å²) in [6.07, 6.45) is 64.9. The molecule has 1 saturated heterocycles. The van der Waals surface area contributed by atoms with Gasteiger partial charge in [0.05, 0.1) is 25.4 Å². The molecule has 0 aromatic carbocycles. The lowest BCUT2D eigenvalue weighted by molar-refractivity contribution is -0.302. The third kappa shape index (κ3) is 42.9. The zero-order chi connectivity index (χ0) is 52.9. The molecule has 6 N–H and O–H groups in total. The zero-order valence-electron chi connectivity index (χ0n) is 47.6. The van der Waals surface area contributed by atoms with Crippen molar-refractivity contribution >= 4 is 5.91 Å². The van der Waals surface area contributed by atoms with Crippen molar-refractivity contribution in [2.75, 3.05) is 13.2 Å². The van der Waals surface area contributed by atoms with Gasteiger partial charge in [0.15, 0.2) is 6.29 Å². The first kappa shape index (κ1) is 69.2. The van der Waals surface area contributed by atoms with E-state index in [9.17, 15) is 30.3 Å². The van der Waals surface area contributed by atoms with Crippen molar-refractivity contribution in [2.45, 2.75) is 339 Å². The molecule has 1 heterocycles. The van der Waals surface area contributed by atoms with Gasteiger partial charge in [-0.1, -0.05) is 287 Å². The van der Waals surface area contributed by atoms with Gasteiger partial charge < -0.3 is 40.3 Å². The Balaban J connectivity index is 2.14. The Morgan fingerprint density at radius 3 is 1.26 bits per heavy atom. The highest BCUT2D eigenvalue weighted by atomic mass is 16.7. The van der Waals surface area contributed by atoms with E-state index in [1.165, 1.54) is 205 Å². The highest BCUT2D eigenvalue weighted by Gasteiger charge is 2.44. The summed E-state index contributed by atoms with van der Waals surface area (Å²) in [5.41, 5.74) is 0. The minimum absolute atomic E-state index is 0.185. The van der Waals surface area contributed by atoms with Gasteiger partial charge in [0.1, 0.15) is 24.4 Å². The molecule has 1 rings (SSSR count). The Kier molecular flexibility index (Phi) is 50.7. The summed E-state index contributed by atoms with van der Waals surface area (Å²) in [5.74, 6) is -0.185. The monoisotopic (exact) mass is 1030 g/mol. The number of allylic oxidation sites excluding steroid dienone is 7. The number of rotatable bonds is 54. The van der Waals surface area contributed by atoms with Gasteiger partial charge in [0.25, 0.3) is 0 Å². The van der Waals surface area contributed by atoms with Crippen LogP contribution in [0.2, 0.25) is 0 Å². The van der Waals surface area contributed by atoms with Crippen molar-refractivity contribution in [3.63, 3.8) is 0 Å². The maximum Gasteiger partial charge on any atom is 0.220 e. The smallest absolute Gasteiger partial charge is 0.220 e. The molecule has 1 amide bonds. The summed E-state index contributed by atoms with van der Waals surface area (Å²) in [5, 5.41) is 54.6. The lowest BCUT2D eigenvalue weighted by Crippen LogP contribution is -2.60. The lowest BCUT2D eigenvalue weighted by atomic mass is 9.99. The molecular formula is C64H119NO8. The minimum Gasteiger partial charge on any atom is -0.394 e. The van der Waals surface area contributed by atoms with Crippen molar-refractivity contribution in [2.24, 2.45) is 0 Å². The molecule has 0 aromatic heterocycles. The Hall–Kier alpha value is -1.85. The van der Waals surface area contributed by atoms with Crippen LogP contribution in [-0.2, 0) is 14.3 Å². The van der Waals surface area contributed by atoms with E-state index in [1.807, 2.05) is 6.08 Å². The van der Waals surface area contributed by atoms with Crippen molar-refractivity contribution in [1.29, 1.82) is 0 Å². The third-order valence-electron chi connectivity index (χ3n) is 14.9. The first-order chi connectivity index (χ1) is 35.8. The fourth-order valence-corrected chi connectivity index (χ4v) is 10.00. The summed E-state index contributed by atoms with van der Waals surface area (Å²) in [6, 6.07) is -0.813. The van der Waals surface area contributed by atoms with Gasteiger partial charge in [0.2, 0.25) is 5.91 Å². The number of carbonyl (C=O) groups is 1. The highest BCUT2D eigenvalue weighted by molar-refractivity contribution is 5.76. The molecule has 0 radical (unpaired) electrons. The average molecular weight is 1030 g/mol. The number of carbonyl (C=O) groups excluding carboxylic acids is 1. The lowest BCUT2D eigenvalue weighted by Gasteiger charge is -2.40. The zero-order valence-corrected chi connectivity index (χ0v) is 47.6. The molecular weight excluding hydrogens is 911 g/mol. The van der Waals surface area contributed by atoms with Gasteiger partial charge in [-0.05, 0) is 51.4 Å². The quantitative estimate of drug-likeness (QED) is 0.0261. The predicted octanol–water partition coefficient (Wildman–Crippen LogP) is 16.1. The van der Waals surface area contributed by atoms with E-state index in [4.69, 9.17) is 9.47 Å². The molecule has 0 aromatic rings. The van der Waals surface area contributed by atoms with Crippen LogP contribution in [-0.4, -0.2) is 87.5 Å². The second kappa shape index (κ2) is 53.5. The second-order valence-electron chi connectivity index (χ2n) is 21.8. The van der Waals surface area contributed by atoms with Crippen LogP contribution >= 0.6 is 0 Å². The van der Waals surface area contributed by atoms with Gasteiger partial charge in [-0.2, -0.15) is 0 Å². The normalized spacial score (nSPS) is 19.4. The molecule has 0 bridgehead atoms. The molecule has 1 aliphatic rings. The van der Waals surface area contributed by atoms with Crippen LogP contribution in [0.25, 0.3) is 0 Å². The first-order valence-electron chi connectivity index (χ1n) is 31.4. The van der Waals surface area contributed by atoms with Crippen LogP contribution in [0.15, 0.2) is 48.6 Å². The van der Waals surface area contributed by atoms with E-state index >= 15 is 0 Å². The molecule has 9 heteroatoms. The van der Waals surface area contributed by atoms with Crippen molar-refractivity contribution < 1.29 is 39.8 Å². The maximum absolute atomic E-state index is 13.0. The molecule has 1 fully saturated rings. The van der Waals surface area contributed by atoms with Gasteiger partial charge in [-0.15, -0.1) is 0 Å². The predicted molar refractivity (Wildman–Crippen MR) is 309 cm³/mol. The maximum atomic E-state index is 13.0. The average Bonchev–Trinajstić information content (AvgIpc) is 3.39. The summed E-state index contributed by atoms with van der Waals surface area (Å²) in [4.78, 5) is 13.0. The Morgan fingerprint density at radius 2 is 0.849 bits per heavy atom. The van der Waals surface area contributed by atoms with Crippen LogP contribution in [0.4, 0.5) is 0 Å². The number of hydrogen-bond acceptors (Lipinski definition) is 8. The molecule has 0 aliphatic carbocycles. The Bertz CT molecular complexity index is 1290. The number of amides is 1. The SMILES string of the molecule is CC/C=C\C/C=C\C/C=C\CCCCCCCCCC(=O)NC(COC1OC(CO)C(O)C(O)C1O)C(O)/C=C/CCCCCCCCCCCCCCCCCCCCCCCCCCCCCCCCC. The molecule has 9 nitrogen and oxygen atoms in total. The van der Waals surface area contributed by atoms with E-state index < -0.39 is 49.5 Å². The van der Waals surface area contributed by atoms with Gasteiger partial charge in [0, 0.05) is 6.42 Å². The van der Waals surface area contributed by atoms with Crippen molar-refractivity contribution in [1.82, 2.24) is 5.32 Å². The largest absolute Gasteiger partial charge is 0.394 e. The Morgan fingerprint density at radius 1 is 0.479 bits per heavy atom. The number of nitrogens with one attached hydrogen (secondary N) is 1. The molecule has 0 spiro atoms. The summed E-state index contributed by atoms with van der Waals surface area (Å²) in [7, 11) is 0. The van der Waals surface area contributed by atoms with Gasteiger partial charge in [-0.25, -0.2) is 0 Å². The van der Waals surface area contributed by atoms with E-state index in [2.05, 4.69) is 55.6 Å². The molecule has 428 valence electrons. The van der Waals surface area contributed by atoms with E-state index in [0.717, 1.165) is 70.6 Å². The van der Waals surface area contributed by atoms with Gasteiger partial charge in [-0.3, -0.25) is 4.79 Å². The first-order valence-corrected chi connectivity index (χ1v) is 31.4. The molecule has 1 aliphatic heterocycles. The number of aliphatic hydroxyl groups is 5. The summed E-state index contributed by atoms with van der Waals surface area (Å²) >= 11 is 0. The topological polar surface area (TPSA) is 149 Å². The number of hydrogen-bond donors (Lipinski definition) is 6. The molecule has 7 atom stereocenters. The van der Waals surface area contributed by atoms with E-state index in [-0.39, 0.29) is 12.5 Å². The summed E-state index contributed by atoms with van der Waals surface area (Å²) in [6.45, 7) is 3.69. The van der Waals surface area contributed by atoms with Crippen LogP contribution < -0.4 is 5.32 Å². The third-order valence-corrected chi connectivity index (χ3v) is 14.9. The second-order valence-corrected chi connectivity index (χ2v) is 21.8. The highest BCUT2D eigenvalue weighted by Crippen LogP contribution is 2.23. The number of aliphatic hydroxyl groups excluding tert-OH is 5. The van der Waals surface area contributed by atoms with Crippen LogP contribution in [0.3, 0.4) is 0 Å². The Labute approximate surface area is 450 Å². The molecule has 7 unspecified atom stereocenters. The molecule has 0 saturated carbocycles. The minimum atomic E-state index is -1.57.